The van der Waals surface area contributed by atoms with Crippen molar-refractivity contribution in [2.75, 3.05) is 34.5 Å². The first kappa shape index (κ1) is 26.8. The second-order valence-corrected chi connectivity index (χ2v) is 13.8. The van der Waals surface area contributed by atoms with Crippen LogP contribution in [-0.2, 0) is 9.47 Å². The van der Waals surface area contributed by atoms with E-state index in [9.17, 15) is 10.2 Å². The number of ether oxygens (including phenoxy) is 2. The van der Waals surface area contributed by atoms with Crippen molar-refractivity contribution in [1.29, 1.82) is 0 Å². The Hall–Kier alpha value is -3.56. The Labute approximate surface area is 257 Å². The normalized spacial score (nSPS) is 35.5. The number of anilines is 4. The molecule has 1 aliphatic carbocycles. The standard InChI is InChI=1S/C36H38N4O4/c1-35(25-11-5-17-43-25)37-23-9-3-7-19-13-15-21(31(39-35)27(19)23)29-33(41)30(34(29)42)22-16-14-20-8-4-10-24-28(20)32(22)40-36(2,38-24)26-12-6-18-44-26/h3-4,7-10,13-16,25-26,29-30,33-34,37-40H,5-6,11-12,17-18H2,1-2H3/q-2. The van der Waals surface area contributed by atoms with E-state index in [1.165, 1.54) is 0 Å². The fourth-order valence-electron chi connectivity index (χ4n) is 8.74. The molecule has 4 aliphatic heterocycles. The van der Waals surface area contributed by atoms with Gasteiger partial charge in [0.25, 0.3) is 0 Å². The number of hydrogen-bond donors (Lipinski definition) is 4. The molecule has 4 atom stereocenters. The van der Waals surface area contributed by atoms with Crippen LogP contribution in [-0.4, -0.2) is 49.0 Å². The lowest BCUT2D eigenvalue weighted by atomic mass is 9.62. The predicted molar refractivity (Wildman–Crippen MR) is 170 cm³/mol. The summed E-state index contributed by atoms with van der Waals surface area (Å²) < 4.78 is 12.2. The lowest BCUT2D eigenvalue weighted by Crippen LogP contribution is -2.64. The number of hydrogen-bond acceptors (Lipinski definition) is 8. The third-order valence-corrected chi connectivity index (χ3v) is 11.0. The van der Waals surface area contributed by atoms with Gasteiger partial charge in [0.05, 0.1) is 12.2 Å². The van der Waals surface area contributed by atoms with E-state index in [-0.39, 0.29) is 12.2 Å². The van der Waals surface area contributed by atoms with Gasteiger partial charge in [0.2, 0.25) is 0 Å². The molecule has 8 heteroatoms. The fourth-order valence-corrected chi connectivity index (χ4v) is 8.74. The summed E-state index contributed by atoms with van der Waals surface area (Å²) in [5, 5.41) is 47.9. The maximum Gasteiger partial charge on any atom is 0.132 e. The van der Waals surface area contributed by atoms with Crippen molar-refractivity contribution in [3.05, 3.63) is 71.8 Å². The van der Waals surface area contributed by atoms with Gasteiger partial charge in [-0.15, -0.1) is 12.2 Å². The average Bonchev–Trinajstić information content (AvgIpc) is 3.76. The van der Waals surface area contributed by atoms with Gasteiger partial charge in [-0.1, -0.05) is 48.5 Å². The average molecular weight is 591 g/mol. The zero-order valence-corrected chi connectivity index (χ0v) is 25.1. The van der Waals surface area contributed by atoms with Gasteiger partial charge in [0.15, 0.2) is 0 Å². The fraction of sp³-hybridized carbons (Fsp3) is 0.444. The number of benzene rings is 4. The van der Waals surface area contributed by atoms with Crippen LogP contribution in [0, 0.1) is 0 Å². The van der Waals surface area contributed by atoms with E-state index >= 15 is 0 Å². The Balaban J connectivity index is 1.11. The van der Waals surface area contributed by atoms with E-state index in [1.807, 2.05) is 24.3 Å². The van der Waals surface area contributed by atoms with Crippen molar-refractivity contribution in [3.8, 4) is 0 Å². The van der Waals surface area contributed by atoms with E-state index < -0.39 is 35.4 Å². The second kappa shape index (κ2) is 9.47. The first-order valence-corrected chi connectivity index (χ1v) is 16.1. The minimum atomic E-state index is -1.07. The molecule has 4 aromatic rings. The SMILES string of the molecule is CC1(C2CCCO2)Nc2cccc3ccc(C4C([O-])C(c5ccc6cccc7c6c5NC(C)(C5CCCO5)N7)C4[O-])c(c23)N1. The first-order chi connectivity index (χ1) is 21.3. The van der Waals surface area contributed by atoms with Crippen molar-refractivity contribution in [2.24, 2.45) is 0 Å². The maximum atomic E-state index is 14.4. The van der Waals surface area contributed by atoms with Gasteiger partial charge < -0.3 is 41.0 Å². The van der Waals surface area contributed by atoms with E-state index in [0.717, 1.165) is 94.3 Å². The van der Waals surface area contributed by atoms with E-state index in [4.69, 9.17) is 9.47 Å². The van der Waals surface area contributed by atoms with Crippen LogP contribution in [0.15, 0.2) is 60.7 Å². The highest BCUT2D eigenvalue weighted by atomic mass is 16.5. The minimum absolute atomic E-state index is 0.0167. The van der Waals surface area contributed by atoms with Crippen molar-refractivity contribution in [3.63, 3.8) is 0 Å². The summed E-state index contributed by atoms with van der Waals surface area (Å²) >= 11 is 0. The van der Waals surface area contributed by atoms with Crippen LogP contribution >= 0.6 is 0 Å². The highest BCUT2D eigenvalue weighted by Crippen LogP contribution is 2.54. The van der Waals surface area contributed by atoms with Crippen LogP contribution in [0.5, 0.6) is 0 Å². The molecule has 1 saturated carbocycles. The molecule has 4 unspecified atom stereocenters. The molecule has 0 spiro atoms. The first-order valence-electron chi connectivity index (χ1n) is 16.1. The van der Waals surface area contributed by atoms with Gasteiger partial charge in [0.1, 0.15) is 11.3 Å². The monoisotopic (exact) mass is 590 g/mol. The summed E-state index contributed by atoms with van der Waals surface area (Å²) in [4.78, 5) is 0. The van der Waals surface area contributed by atoms with Crippen molar-refractivity contribution in [2.45, 2.75) is 87.1 Å². The molecule has 228 valence electrons. The Morgan fingerprint density at radius 1 is 0.614 bits per heavy atom. The smallest absolute Gasteiger partial charge is 0.132 e. The highest BCUT2D eigenvalue weighted by Gasteiger charge is 2.47. The van der Waals surface area contributed by atoms with Gasteiger partial charge in [0, 0.05) is 46.7 Å². The van der Waals surface area contributed by atoms with Crippen LogP contribution in [0.1, 0.15) is 62.5 Å². The summed E-state index contributed by atoms with van der Waals surface area (Å²) in [7, 11) is 0. The summed E-state index contributed by atoms with van der Waals surface area (Å²) in [6.07, 6.45) is 1.75. The molecular weight excluding hydrogens is 552 g/mol. The Morgan fingerprint density at radius 3 is 1.48 bits per heavy atom. The molecule has 44 heavy (non-hydrogen) atoms. The van der Waals surface area contributed by atoms with Gasteiger partial charge in [-0.05, 0) is 85.4 Å². The molecule has 4 heterocycles. The minimum Gasteiger partial charge on any atom is -0.851 e. The molecule has 0 bridgehead atoms. The maximum absolute atomic E-state index is 14.4. The van der Waals surface area contributed by atoms with Crippen LogP contribution < -0.4 is 31.5 Å². The van der Waals surface area contributed by atoms with Crippen molar-refractivity contribution >= 4 is 44.3 Å². The van der Waals surface area contributed by atoms with Crippen LogP contribution in [0.3, 0.4) is 0 Å². The number of nitrogens with one attached hydrogen (secondary N) is 4. The molecule has 0 amide bonds. The van der Waals surface area contributed by atoms with E-state index in [2.05, 4.69) is 71.5 Å². The molecular formula is C36H38N4O4-2. The molecule has 8 nitrogen and oxygen atoms in total. The highest BCUT2D eigenvalue weighted by molar-refractivity contribution is 6.08. The third kappa shape index (κ3) is 3.71. The van der Waals surface area contributed by atoms with Crippen LogP contribution in [0.2, 0.25) is 0 Å². The molecule has 0 aromatic heterocycles. The molecule has 5 aliphatic rings. The molecule has 2 saturated heterocycles. The number of rotatable bonds is 4. The lowest BCUT2D eigenvalue weighted by Gasteiger charge is -2.63. The lowest BCUT2D eigenvalue weighted by molar-refractivity contribution is -0.535. The molecule has 3 fully saturated rings. The van der Waals surface area contributed by atoms with Crippen molar-refractivity contribution < 1.29 is 19.7 Å². The summed E-state index contributed by atoms with van der Waals surface area (Å²) in [6, 6.07) is 20.5. The van der Waals surface area contributed by atoms with Gasteiger partial charge >= 0.3 is 0 Å². The Bertz CT molecular complexity index is 1660. The molecule has 9 rings (SSSR count). The second-order valence-electron chi connectivity index (χ2n) is 13.8. The zero-order valence-electron chi connectivity index (χ0n) is 25.1. The Morgan fingerprint density at radius 2 is 1.07 bits per heavy atom. The van der Waals surface area contributed by atoms with Crippen molar-refractivity contribution in [1.82, 2.24) is 0 Å². The van der Waals surface area contributed by atoms with Crippen LogP contribution in [0.4, 0.5) is 22.7 Å². The molecule has 4 N–H and O–H groups in total. The summed E-state index contributed by atoms with van der Waals surface area (Å²) in [6.45, 7) is 5.72. The van der Waals surface area contributed by atoms with Gasteiger partial charge in [-0.2, -0.15) is 0 Å². The molecule has 4 aromatic carbocycles. The van der Waals surface area contributed by atoms with E-state index in [0.29, 0.717) is 0 Å². The third-order valence-electron chi connectivity index (χ3n) is 11.0. The summed E-state index contributed by atoms with van der Waals surface area (Å²) in [5.41, 5.74) is 4.36. The summed E-state index contributed by atoms with van der Waals surface area (Å²) in [5.74, 6) is -1.31. The van der Waals surface area contributed by atoms with Gasteiger partial charge in [-0.3, -0.25) is 0 Å². The van der Waals surface area contributed by atoms with Gasteiger partial charge in [-0.25, -0.2) is 0 Å². The predicted octanol–water partition coefficient (Wildman–Crippen LogP) is 4.80. The Kier molecular flexibility index (Phi) is 5.77. The zero-order chi connectivity index (χ0) is 29.8. The topological polar surface area (TPSA) is 113 Å². The van der Waals surface area contributed by atoms with Crippen LogP contribution in [0.25, 0.3) is 21.5 Å². The van der Waals surface area contributed by atoms with E-state index in [1.54, 1.807) is 0 Å². The quantitative estimate of drug-likeness (QED) is 0.268. The largest absolute Gasteiger partial charge is 0.851 e. The molecule has 0 radical (unpaired) electrons.